The Morgan fingerprint density at radius 3 is 2.55 bits per heavy atom. The first kappa shape index (κ1) is 7.85. The highest BCUT2D eigenvalue weighted by atomic mass is 16.1. The Kier molecular flexibility index (Phi) is 2.31. The Labute approximate surface area is 65.5 Å². The van der Waals surface area contributed by atoms with Crippen LogP contribution in [0.15, 0.2) is 12.4 Å². The zero-order valence-electron chi connectivity index (χ0n) is 6.66. The minimum Gasteiger partial charge on any atom is -0.293 e. The molecule has 0 aliphatic carbocycles. The molecule has 0 atom stereocenters. The summed E-state index contributed by atoms with van der Waals surface area (Å²) >= 11 is 0. The molecule has 11 heavy (non-hydrogen) atoms. The van der Waals surface area contributed by atoms with Crippen molar-refractivity contribution in [1.29, 1.82) is 0 Å². The first-order valence-electron chi connectivity index (χ1n) is 3.56. The van der Waals surface area contributed by atoms with E-state index in [9.17, 15) is 4.79 Å². The maximum Gasteiger partial charge on any atom is 0.179 e. The van der Waals surface area contributed by atoms with Crippen molar-refractivity contribution in [2.24, 2.45) is 0 Å². The van der Waals surface area contributed by atoms with Gasteiger partial charge in [-0.1, -0.05) is 6.92 Å². The summed E-state index contributed by atoms with van der Waals surface area (Å²) in [6.07, 6.45) is 4.00. The quantitative estimate of drug-likeness (QED) is 0.596. The van der Waals surface area contributed by atoms with Gasteiger partial charge in [0.15, 0.2) is 5.78 Å². The molecular formula is C8H10N2O. The van der Waals surface area contributed by atoms with Crippen molar-refractivity contribution in [3.05, 3.63) is 23.8 Å². The normalized spacial score (nSPS) is 9.64. The second-order valence-electron chi connectivity index (χ2n) is 2.30. The van der Waals surface area contributed by atoms with Crippen LogP contribution in [-0.4, -0.2) is 15.8 Å². The zero-order valence-corrected chi connectivity index (χ0v) is 6.66. The van der Waals surface area contributed by atoms with E-state index in [1.165, 1.54) is 13.1 Å². The van der Waals surface area contributed by atoms with E-state index in [1.807, 2.05) is 6.92 Å². The summed E-state index contributed by atoms with van der Waals surface area (Å²) in [6.45, 7) is 3.48. The smallest absolute Gasteiger partial charge is 0.179 e. The third-order valence-corrected chi connectivity index (χ3v) is 1.43. The summed E-state index contributed by atoms with van der Waals surface area (Å²) in [5, 5.41) is 0. The molecule has 1 heterocycles. The van der Waals surface area contributed by atoms with E-state index in [1.54, 1.807) is 6.20 Å². The van der Waals surface area contributed by atoms with Gasteiger partial charge < -0.3 is 0 Å². The van der Waals surface area contributed by atoms with Crippen LogP contribution < -0.4 is 0 Å². The van der Waals surface area contributed by atoms with Crippen LogP contribution in [0.25, 0.3) is 0 Å². The first-order chi connectivity index (χ1) is 5.24. The predicted molar refractivity (Wildman–Crippen MR) is 41.4 cm³/mol. The number of hydrogen-bond acceptors (Lipinski definition) is 3. The summed E-state index contributed by atoms with van der Waals surface area (Å²) in [5.41, 5.74) is 1.34. The molecule has 1 aromatic heterocycles. The van der Waals surface area contributed by atoms with Crippen molar-refractivity contribution in [3.8, 4) is 0 Å². The summed E-state index contributed by atoms with van der Waals surface area (Å²) in [4.78, 5) is 18.7. The highest BCUT2D eigenvalue weighted by Crippen LogP contribution is 1.96. The van der Waals surface area contributed by atoms with Crippen molar-refractivity contribution in [2.75, 3.05) is 0 Å². The molecule has 0 aromatic carbocycles. The fourth-order valence-corrected chi connectivity index (χ4v) is 0.719. The van der Waals surface area contributed by atoms with E-state index in [-0.39, 0.29) is 5.78 Å². The maximum absolute atomic E-state index is 10.7. The van der Waals surface area contributed by atoms with Gasteiger partial charge in [-0.15, -0.1) is 0 Å². The van der Waals surface area contributed by atoms with Crippen molar-refractivity contribution in [1.82, 2.24) is 9.97 Å². The van der Waals surface area contributed by atoms with Gasteiger partial charge in [0.25, 0.3) is 0 Å². The topological polar surface area (TPSA) is 42.9 Å². The van der Waals surface area contributed by atoms with Gasteiger partial charge in [0.1, 0.15) is 5.69 Å². The first-order valence-corrected chi connectivity index (χ1v) is 3.56. The number of carbonyl (C=O) groups excluding carboxylic acids is 1. The second-order valence-corrected chi connectivity index (χ2v) is 2.30. The average Bonchev–Trinajstić information content (AvgIpc) is 2.05. The Morgan fingerprint density at radius 1 is 1.45 bits per heavy atom. The molecule has 3 nitrogen and oxygen atoms in total. The lowest BCUT2D eigenvalue weighted by Crippen LogP contribution is -1.99. The number of nitrogens with zero attached hydrogens (tertiary/aromatic N) is 2. The van der Waals surface area contributed by atoms with Crippen LogP contribution >= 0.6 is 0 Å². The van der Waals surface area contributed by atoms with Crippen LogP contribution in [0.5, 0.6) is 0 Å². The molecule has 0 N–H and O–H groups in total. The number of aryl methyl sites for hydroxylation is 1. The van der Waals surface area contributed by atoms with Crippen molar-refractivity contribution in [3.63, 3.8) is 0 Å². The molecule has 0 fully saturated rings. The second kappa shape index (κ2) is 3.23. The fraction of sp³-hybridized carbons (Fsp3) is 0.375. The van der Waals surface area contributed by atoms with Crippen LogP contribution in [0, 0.1) is 0 Å². The van der Waals surface area contributed by atoms with Crippen molar-refractivity contribution < 1.29 is 4.79 Å². The molecule has 3 heteroatoms. The number of Topliss-reactive ketones (excluding diaryl/α,β-unsaturated/α-hetero) is 1. The molecule has 58 valence electrons. The molecule has 1 aromatic rings. The van der Waals surface area contributed by atoms with E-state index in [4.69, 9.17) is 0 Å². The minimum absolute atomic E-state index is 0.0415. The SMILES string of the molecule is CCc1cnc(C(C)=O)cn1. The number of ketones is 1. The molecule has 0 saturated heterocycles. The van der Waals surface area contributed by atoms with Crippen LogP contribution in [0.4, 0.5) is 0 Å². The fourth-order valence-electron chi connectivity index (χ4n) is 0.719. The molecular weight excluding hydrogens is 140 g/mol. The van der Waals surface area contributed by atoms with Crippen LogP contribution in [0.2, 0.25) is 0 Å². The molecule has 1 rings (SSSR count). The van der Waals surface area contributed by atoms with Gasteiger partial charge in [-0.2, -0.15) is 0 Å². The number of rotatable bonds is 2. The van der Waals surface area contributed by atoms with Crippen LogP contribution in [0.3, 0.4) is 0 Å². The molecule has 0 aliphatic heterocycles. The lowest BCUT2D eigenvalue weighted by molar-refractivity contribution is 0.101. The molecule has 0 bridgehead atoms. The van der Waals surface area contributed by atoms with Gasteiger partial charge in [-0.3, -0.25) is 9.78 Å². The van der Waals surface area contributed by atoms with E-state index in [0.29, 0.717) is 5.69 Å². The van der Waals surface area contributed by atoms with Gasteiger partial charge in [0.2, 0.25) is 0 Å². The third-order valence-electron chi connectivity index (χ3n) is 1.43. The van der Waals surface area contributed by atoms with Gasteiger partial charge in [-0.25, -0.2) is 4.98 Å². The number of hydrogen-bond donors (Lipinski definition) is 0. The number of carbonyl (C=O) groups is 1. The van der Waals surface area contributed by atoms with Gasteiger partial charge in [-0.05, 0) is 6.42 Å². The van der Waals surface area contributed by atoms with E-state index < -0.39 is 0 Å². The summed E-state index contributed by atoms with van der Waals surface area (Å²) in [6, 6.07) is 0. The van der Waals surface area contributed by atoms with Crippen LogP contribution in [0.1, 0.15) is 30.0 Å². The molecule has 0 saturated carbocycles. The Hall–Kier alpha value is -1.25. The highest BCUT2D eigenvalue weighted by molar-refractivity contribution is 5.91. The van der Waals surface area contributed by atoms with Gasteiger partial charge >= 0.3 is 0 Å². The molecule has 0 unspecified atom stereocenters. The maximum atomic E-state index is 10.7. The van der Waals surface area contributed by atoms with Crippen molar-refractivity contribution in [2.45, 2.75) is 20.3 Å². The highest BCUT2D eigenvalue weighted by Gasteiger charge is 1.99. The van der Waals surface area contributed by atoms with Crippen LogP contribution in [-0.2, 0) is 6.42 Å². The molecule has 0 radical (unpaired) electrons. The zero-order chi connectivity index (χ0) is 8.27. The average molecular weight is 150 g/mol. The van der Waals surface area contributed by atoms with Gasteiger partial charge in [0.05, 0.1) is 11.9 Å². The molecule has 0 aliphatic rings. The lowest BCUT2D eigenvalue weighted by atomic mass is 10.3. The van der Waals surface area contributed by atoms with E-state index in [2.05, 4.69) is 9.97 Å². The van der Waals surface area contributed by atoms with Gasteiger partial charge in [0, 0.05) is 13.1 Å². The van der Waals surface area contributed by atoms with Crippen molar-refractivity contribution >= 4 is 5.78 Å². The molecule has 0 spiro atoms. The lowest BCUT2D eigenvalue weighted by Gasteiger charge is -1.95. The monoisotopic (exact) mass is 150 g/mol. The van der Waals surface area contributed by atoms with E-state index >= 15 is 0 Å². The summed E-state index contributed by atoms with van der Waals surface area (Å²) < 4.78 is 0. The summed E-state index contributed by atoms with van der Waals surface area (Å²) in [7, 11) is 0. The third kappa shape index (κ3) is 1.83. The minimum atomic E-state index is -0.0415. The molecule has 0 amide bonds. The summed E-state index contributed by atoms with van der Waals surface area (Å²) in [5.74, 6) is -0.0415. The Morgan fingerprint density at radius 2 is 2.18 bits per heavy atom. The Balaban J connectivity index is 2.91. The van der Waals surface area contributed by atoms with E-state index in [0.717, 1.165) is 12.1 Å². The Bertz CT molecular complexity index is 253. The predicted octanol–water partition coefficient (Wildman–Crippen LogP) is 1.24. The number of aromatic nitrogens is 2. The largest absolute Gasteiger partial charge is 0.293 e. The standard InChI is InChI=1S/C8H10N2O/c1-3-7-4-10-8(5-9-7)6(2)11/h4-5H,3H2,1-2H3.